The van der Waals surface area contributed by atoms with E-state index in [0.29, 0.717) is 6.54 Å². The van der Waals surface area contributed by atoms with E-state index in [0.717, 1.165) is 41.4 Å². The van der Waals surface area contributed by atoms with Gasteiger partial charge in [-0.1, -0.05) is 18.2 Å². The number of rotatable bonds is 5. The van der Waals surface area contributed by atoms with Crippen molar-refractivity contribution in [2.45, 2.75) is 46.7 Å². The molecule has 6 nitrogen and oxygen atoms in total. The van der Waals surface area contributed by atoms with E-state index in [1.165, 1.54) is 16.7 Å². The summed E-state index contributed by atoms with van der Waals surface area (Å²) in [6, 6.07) is 8.23. The number of nitrogens with zero attached hydrogens (tertiary/aromatic N) is 2. The van der Waals surface area contributed by atoms with Crippen LogP contribution in [0.2, 0.25) is 0 Å². The summed E-state index contributed by atoms with van der Waals surface area (Å²) < 4.78 is 2.05. The molecule has 1 fully saturated rings. The first kappa shape index (κ1) is 18.5. The van der Waals surface area contributed by atoms with Crippen molar-refractivity contribution < 1.29 is 4.79 Å². The van der Waals surface area contributed by atoms with Crippen molar-refractivity contribution in [3.8, 4) is 0 Å². The summed E-state index contributed by atoms with van der Waals surface area (Å²) in [4.78, 5) is 17.1. The Morgan fingerprint density at radius 2 is 1.96 bits per heavy atom. The van der Waals surface area contributed by atoms with Crippen LogP contribution in [0, 0.1) is 27.7 Å². The topological polar surface area (TPSA) is 70.5 Å². The largest absolute Gasteiger partial charge is 0.378 e. The maximum atomic E-state index is 12.4. The van der Waals surface area contributed by atoms with Gasteiger partial charge in [-0.15, -0.1) is 0 Å². The molecular weight excluding hydrogens is 350 g/mol. The van der Waals surface area contributed by atoms with Crippen molar-refractivity contribution in [1.29, 1.82) is 0 Å². The van der Waals surface area contributed by atoms with Crippen molar-refractivity contribution in [3.63, 3.8) is 0 Å². The fraction of sp³-hybridized carbons (Fsp3) is 0.364. The Morgan fingerprint density at radius 3 is 2.61 bits per heavy atom. The molecule has 3 heterocycles. The number of hydrogen-bond donors (Lipinski definition) is 3. The molecule has 0 radical (unpaired) electrons. The third kappa shape index (κ3) is 3.36. The number of fused-ring (bicyclic) bond motifs is 1. The molecule has 1 aliphatic rings. The minimum atomic E-state index is -0.0904. The van der Waals surface area contributed by atoms with Gasteiger partial charge in [-0.25, -0.2) is 4.98 Å². The van der Waals surface area contributed by atoms with Crippen molar-refractivity contribution in [1.82, 2.24) is 14.7 Å². The highest BCUT2D eigenvalue weighted by molar-refractivity contribution is 5.96. The molecule has 0 spiro atoms. The van der Waals surface area contributed by atoms with E-state index in [2.05, 4.69) is 48.0 Å². The molecule has 0 saturated carbocycles. The number of amides is 1. The molecule has 3 N–H and O–H groups in total. The lowest BCUT2D eigenvalue weighted by molar-refractivity contribution is -0.119. The predicted octanol–water partition coefficient (Wildman–Crippen LogP) is 3.48. The van der Waals surface area contributed by atoms with Gasteiger partial charge in [0.1, 0.15) is 0 Å². The minimum absolute atomic E-state index is 0.0146. The Hall–Kier alpha value is -2.86. The van der Waals surface area contributed by atoms with Gasteiger partial charge in [-0.05, 0) is 63.4 Å². The number of benzene rings is 1. The van der Waals surface area contributed by atoms with Crippen molar-refractivity contribution in [2.24, 2.45) is 0 Å². The van der Waals surface area contributed by atoms with E-state index in [1.54, 1.807) is 0 Å². The summed E-state index contributed by atoms with van der Waals surface area (Å²) >= 11 is 0. The highest BCUT2D eigenvalue weighted by atomic mass is 16.2. The van der Waals surface area contributed by atoms with Gasteiger partial charge in [0.2, 0.25) is 5.91 Å². The molecular formula is C22H27N5O. The maximum absolute atomic E-state index is 12.4. The summed E-state index contributed by atoms with van der Waals surface area (Å²) in [5.74, 6) is 0.0146. The Morgan fingerprint density at radius 1 is 1.25 bits per heavy atom. The molecule has 28 heavy (non-hydrogen) atoms. The molecule has 0 unspecified atom stereocenters. The van der Waals surface area contributed by atoms with Gasteiger partial charge in [0.15, 0.2) is 5.65 Å². The predicted molar refractivity (Wildman–Crippen MR) is 113 cm³/mol. The zero-order valence-corrected chi connectivity index (χ0v) is 16.9. The summed E-state index contributed by atoms with van der Waals surface area (Å²) in [7, 11) is 0. The molecule has 3 aromatic rings. The second-order valence-corrected chi connectivity index (χ2v) is 7.63. The zero-order valence-electron chi connectivity index (χ0n) is 16.9. The van der Waals surface area contributed by atoms with E-state index in [1.807, 2.05) is 30.5 Å². The number of carbonyl (C=O) groups is 1. The van der Waals surface area contributed by atoms with Crippen LogP contribution in [0.1, 0.15) is 34.5 Å². The van der Waals surface area contributed by atoms with Crippen LogP contribution in [-0.4, -0.2) is 27.9 Å². The van der Waals surface area contributed by atoms with E-state index < -0.39 is 0 Å². The first-order valence-electron chi connectivity index (χ1n) is 9.76. The van der Waals surface area contributed by atoms with Crippen LogP contribution in [0.25, 0.3) is 5.65 Å². The van der Waals surface area contributed by atoms with Gasteiger partial charge in [0.05, 0.1) is 23.1 Å². The summed E-state index contributed by atoms with van der Waals surface area (Å²) in [5.41, 5.74) is 8.44. The summed E-state index contributed by atoms with van der Waals surface area (Å²) in [6.07, 6.45) is 2.83. The lowest BCUT2D eigenvalue weighted by atomic mass is 10.0. The molecule has 2 aromatic heterocycles. The molecule has 1 atom stereocenters. The number of aryl methyl sites for hydroxylation is 4. The molecule has 4 rings (SSSR count). The number of imidazole rings is 1. The SMILES string of the molecule is Cc1cccc(C)c1CNc1cc(NC(=O)[C@H]2CCN2)cn2c(C)c(C)nc12. The number of hydrogen-bond acceptors (Lipinski definition) is 4. The van der Waals surface area contributed by atoms with Gasteiger partial charge in [0.25, 0.3) is 0 Å². The Balaban J connectivity index is 1.67. The van der Waals surface area contributed by atoms with Crippen LogP contribution in [0.4, 0.5) is 11.4 Å². The van der Waals surface area contributed by atoms with Crippen LogP contribution >= 0.6 is 0 Å². The summed E-state index contributed by atoms with van der Waals surface area (Å²) in [6.45, 7) is 9.93. The standard InChI is InChI=1S/C22H27N5O/c1-13-6-5-7-14(2)18(13)11-24-20-10-17(26-22(28)19-8-9-23-19)12-27-16(4)15(3)25-21(20)27/h5-7,10,12,19,23-24H,8-9,11H2,1-4H3,(H,26,28)/t19-/m1/s1. The van der Waals surface area contributed by atoms with Gasteiger partial charge in [-0.3, -0.25) is 4.79 Å². The average molecular weight is 377 g/mol. The van der Waals surface area contributed by atoms with Crippen LogP contribution in [0.5, 0.6) is 0 Å². The molecule has 6 heteroatoms. The molecule has 1 amide bonds. The van der Waals surface area contributed by atoms with Crippen LogP contribution in [0.3, 0.4) is 0 Å². The van der Waals surface area contributed by atoms with Crippen molar-refractivity contribution in [2.75, 3.05) is 17.2 Å². The van der Waals surface area contributed by atoms with E-state index in [9.17, 15) is 4.79 Å². The van der Waals surface area contributed by atoms with Crippen LogP contribution in [0.15, 0.2) is 30.5 Å². The Kier molecular flexibility index (Phi) is 4.81. The van der Waals surface area contributed by atoms with E-state index in [-0.39, 0.29) is 11.9 Å². The van der Waals surface area contributed by atoms with Gasteiger partial charge < -0.3 is 20.4 Å². The first-order valence-corrected chi connectivity index (χ1v) is 9.76. The van der Waals surface area contributed by atoms with Crippen molar-refractivity contribution in [3.05, 3.63) is 58.5 Å². The molecule has 1 aliphatic heterocycles. The third-order valence-electron chi connectivity index (χ3n) is 5.70. The zero-order chi connectivity index (χ0) is 19.8. The van der Waals surface area contributed by atoms with Crippen LogP contribution in [-0.2, 0) is 11.3 Å². The lowest BCUT2D eigenvalue weighted by Crippen LogP contribution is -2.50. The molecule has 0 bridgehead atoms. The number of carbonyl (C=O) groups excluding carboxylic acids is 1. The fourth-order valence-electron chi connectivity index (χ4n) is 3.62. The summed E-state index contributed by atoms with van der Waals surface area (Å²) in [5, 5.41) is 9.74. The number of pyridine rings is 1. The minimum Gasteiger partial charge on any atom is -0.378 e. The average Bonchev–Trinajstić information content (AvgIpc) is 2.88. The van der Waals surface area contributed by atoms with E-state index >= 15 is 0 Å². The molecule has 146 valence electrons. The number of aromatic nitrogens is 2. The first-order chi connectivity index (χ1) is 13.4. The highest BCUT2D eigenvalue weighted by Gasteiger charge is 2.24. The molecule has 0 aliphatic carbocycles. The normalized spacial score (nSPS) is 16.1. The molecule has 1 saturated heterocycles. The van der Waals surface area contributed by atoms with Crippen LogP contribution < -0.4 is 16.0 Å². The van der Waals surface area contributed by atoms with E-state index in [4.69, 9.17) is 4.98 Å². The highest BCUT2D eigenvalue weighted by Crippen LogP contribution is 2.26. The molecule has 1 aromatic carbocycles. The lowest BCUT2D eigenvalue weighted by Gasteiger charge is -2.26. The fourth-order valence-corrected chi connectivity index (χ4v) is 3.62. The van der Waals surface area contributed by atoms with Gasteiger partial charge >= 0.3 is 0 Å². The quantitative estimate of drug-likeness (QED) is 0.637. The number of anilines is 2. The number of nitrogens with one attached hydrogen (secondary N) is 3. The second kappa shape index (κ2) is 7.28. The Labute approximate surface area is 165 Å². The second-order valence-electron chi connectivity index (χ2n) is 7.63. The monoisotopic (exact) mass is 377 g/mol. The van der Waals surface area contributed by atoms with Gasteiger partial charge in [-0.2, -0.15) is 0 Å². The van der Waals surface area contributed by atoms with Gasteiger partial charge in [0, 0.05) is 18.4 Å². The Bertz CT molecular complexity index is 1030. The maximum Gasteiger partial charge on any atom is 0.241 e. The van der Waals surface area contributed by atoms with Crippen molar-refractivity contribution >= 4 is 22.9 Å². The third-order valence-corrected chi connectivity index (χ3v) is 5.70. The smallest absolute Gasteiger partial charge is 0.241 e.